The molecule has 0 N–H and O–H groups in total. The molecule has 0 spiro atoms. The summed E-state index contributed by atoms with van der Waals surface area (Å²) in [7, 11) is 0. The van der Waals surface area contributed by atoms with Gasteiger partial charge in [-0.1, -0.05) is 39.0 Å². The molecule has 8 atom stereocenters. The van der Waals surface area contributed by atoms with Gasteiger partial charge in [-0.05, 0) is 24.7 Å². The maximum atomic E-state index is 6.45. The Balaban J connectivity index is 1.25. The molecule has 2 bridgehead atoms. The molecule has 0 aromatic rings. The van der Waals surface area contributed by atoms with Gasteiger partial charge in [-0.25, -0.2) is 0 Å². The summed E-state index contributed by atoms with van der Waals surface area (Å²) in [6.07, 6.45) is 11.3. The number of fused-ring (bicyclic) bond motifs is 1. The average Bonchev–Trinajstić information content (AvgIpc) is 3.09. The van der Waals surface area contributed by atoms with E-state index in [1.165, 1.54) is 44.9 Å². The monoisotopic (exact) mass is 278 g/mol. The van der Waals surface area contributed by atoms with E-state index in [2.05, 4.69) is 6.92 Å². The van der Waals surface area contributed by atoms with Crippen LogP contribution in [0.3, 0.4) is 0 Å². The lowest BCUT2D eigenvalue weighted by Crippen LogP contribution is -2.34. The first kappa shape index (κ1) is 12.4. The number of hydrogen-bond donors (Lipinski definition) is 0. The Labute approximate surface area is 121 Å². The van der Waals surface area contributed by atoms with Gasteiger partial charge in [-0.3, -0.25) is 0 Å². The lowest BCUT2D eigenvalue weighted by atomic mass is 9.77. The summed E-state index contributed by atoms with van der Waals surface area (Å²) < 4.78 is 18.9. The van der Waals surface area contributed by atoms with Crippen molar-refractivity contribution in [3.05, 3.63) is 0 Å². The van der Waals surface area contributed by atoms with Crippen LogP contribution in [-0.4, -0.2) is 24.3 Å². The molecule has 2 saturated carbocycles. The molecule has 3 saturated heterocycles. The maximum Gasteiger partial charge on any atom is 0.175 e. The van der Waals surface area contributed by atoms with Crippen molar-refractivity contribution in [1.82, 2.24) is 0 Å². The normalized spacial score (nSPS) is 56.5. The Hall–Kier alpha value is -0.120. The van der Waals surface area contributed by atoms with Crippen LogP contribution in [0.5, 0.6) is 0 Å². The summed E-state index contributed by atoms with van der Waals surface area (Å²) in [5.74, 6) is 2.60. The minimum atomic E-state index is -0.241. The van der Waals surface area contributed by atoms with Gasteiger partial charge in [0.1, 0.15) is 0 Å². The molecule has 5 aliphatic rings. The van der Waals surface area contributed by atoms with E-state index in [1.807, 2.05) is 0 Å². The first-order valence-corrected chi connectivity index (χ1v) is 8.85. The molecule has 2 aliphatic carbocycles. The molecule has 20 heavy (non-hydrogen) atoms. The number of hydrogen-bond acceptors (Lipinski definition) is 3. The molecule has 3 heteroatoms. The van der Waals surface area contributed by atoms with Gasteiger partial charge >= 0.3 is 0 Å². The van der Waals surface area contributed by atoms with Gasteiger partial charge in [-0.15, -0.1) is 0 Å². The molecule has 0 amide bonds. The lowest BCUT2D eigenvalue weighted by molar-refractivity contribution is -0.241. The molecule has 3 nitrogen and oxygen atoms in total. The molecule has 5 fully saturated rings. The number of rotatable bonds is 7. The Morgan fingerprint density at radius 3 is 2.70 bits per heavy atom. The minimum absolute atomic E-state index is 0.0765. The average molecular weight is 278 g/mol. The summed E-state index contributed by atoms with van der Waals surface area (Å²) in [6, 6.07) is 0. The minimum Gasteiger partial charge on any atom is -0.346 e. The topological polar surface area (TPSA) is 27.7 Å². The van der Waals surface area contributed by atoms with Crippen molar-refractivity contribution in [2.75, 3.05) is 0 Å². The summed E-state index contributed by atoms with van der Waals surface area (Å²) in [5.41, 5.74) is 0. The van der Waals surface area contributed by atoms with E-state index >= 15 is 0 Å². The second-order valence-corrected chi connectivity index (χ2v) is 7.67. The zero-order chi connectivity index (χ0) is 13.3. The fraction of sp³-hybridized carbons (Fsp3) is 1.00. The van der Waals surface area contributed by atoms with Crippen LogP contribution >= 0.6 is 0 Å². The fourth-order valence-corrected chi connectivity index (χ4v) is 6.07. The van der Waals surface area contributed by atoms with Gasteiger partial charge in [0, 0.05) is 18.3 Å². The van der Waals surface area contributed by atoms with Crippen molar-refractivity contribution in [1.29, 1.82) is 0 Å². The van der Waals surface area contributed by atoms with Crippen molar-refractivity contribution in [3.8, 4) is 0 Å². The first-order valence-electron chi connectivity index (χ1n) is 8.85. The van der Waals surface area contributed by atoms with Crippen LogP contribution < -0.4 is 0 Å². The van der Waals surface area contributed by atoms with Crippen LogP contribution in [0.2, 0.25) is 0 Å². The van der Waals surface area contributed by atoms with E-state index in [4.69, 9.17) is 14.2 Å². The Bertz CT molecular complexity index is 411. The van der Waals surface area contributed by atoms with Crippen molar-refractivity contribution in [2.45, 2.75) is 82.6 Å². The zero-order valence-corrected chi connectivity index (χ0v) is 12.4. The standard InChI is InChI=1S/C17H26O3/c1-2-3-4-5-6-7-8-17-13-11-9-10-12(13)16(20-17)18-14(10)15(11)19-17/h10-16H,2-9H2,1H3/t10-,11+,12-,13+,14-,15-,16+,17-/m0/s1. The fourth-order valence-electron chi connectivity index (χ4n) is 6.07. The highest BCUT2D eigenvalue weighted by Gasteiger charge is 2.80. The van der Waals surface area contributed by atoms with E-state index in [0.717, 1.165) is 18.3 Å². The Morgan fingerprint density at radius 1 is 0.950 bits per heavy atom. The zero-order valence-electron chi connectivity index (χ0n) is 12.4. The smallest absolute Gasteiger partial charge is 0.175 e. The quantitative estimate of drug-likeness (QED) is 0.667. The molecular formula is C17H26O3. The van der Waals surface area contributed by atoms with Crippen LogP contribution in [0.15, 0.2) is 0 Å². The Kier molecular flexibility index (Phi) is 2.61. The highest BCUT2D eigenvalue weighted by molar-refractivity contribution is 5.21. The van der Waals surface area contributed by atoms with Gasteiger partial charge in [-0.2, -0.15) is 0 Å². The third-order valence-electron chi connectivity index (χ3n) is 6.73. The van der Waals surface area contributed by atoms with E-state index in [1.54, 1.807) is 0 Å². The SMILES string of the molecule is CCCCCCCC[C@@]12O[C@H]3O[C@H]4[C@H]5C[C@@H]([C@@H]4O1)[C@@H]2[C@@H]35. The maximum absolute atomic E-state index is 6.45. The third kappa shape index (κ3) is 1.37. The van der Waals surface area contributed by atoms with Crippen LogP contribution in [-0.2, 0) is 14.2 Å². The van der Waals surface area contributed by atoms with E-state index in [0.29, 0.717) is 24.0 Å². The van der Waals surface area contributed by atoms with Crippen molar-refractivity contribution >= 4 is 0 Å². The van der Waals surface area contributed by atoms with E-state index in [9.17, 15) is 0 Å². The van der Waals surface area contributed by atoms with Gasteiger partial charge in [0.2, 0.25) is 0 Å². The molecule has 0 radical (unpaired) electrons. The van der Waals surface area contributed by atoms with Crippen LogP contribution in [0, 0.1) is 23.7 Å². The molecule has 0 aromatic carbocycles. The van der Waals surface area contributed by atoms with E-state index < -0.39 is 0 Å². The lowest BCUT2D eigenvalue weighted by Gasteiger charge is -2.28. The van der Waals surface area contributed by atoms with Gasteiger partial charge in [0.05, 0.1) is 12.2 Å². The van der Waals surface area contributed by atoms with Crippen LogP contribution in [0.4, 0.5) is 0 Å². The third-order valence-corrected chi connectivity index (χ3v) is 6.73. The highest BCUT2D eigenvalue weighted by Crippen LogP contribution is 2.73. The number of ether oxygens (including phenoxy) is 3. The first-order chi connectivity index (χ1) is 9.84. The molecule has 5 rings (SSSR count). The number of unbranched alkanes of at least 4 members (excludes halogenated alkanes) is 5. The molecule has 3 heterocycles. The van der Waals surface area contributed by atoms with Crippen molar-refractivity contribution < 1.29 is 14.2 Å². The van der Waals surface area contributed by atoms with Crippen LogP contribution in [0.1, 0.15) is 58.3 Å². The summed E-state index contributed by atoms with van der Waals surface area (Å²) >= 11 is 0. The molecular weight excluding hydrogens is 252 g/mol. The summed E-state index contributed by atoms with van der Waals surface area (Å²) in [5, 5.41) is 0. The second-order valence-electron chi connectivity index (χ2n) is 7.67. The van der Waals surface area contributed by atoms with Gasteiger partial charge in [0.25, 0.3) is 0 Å². The summed E-state index contributed by atoms with van der Waals surface area (Å²) in [6.45, 7) is 2.27. The van der Waals surface area contributed by atoms with Crippen LogP contribution in [0.25, 0.3) is 0 Å². The molecule has 0 unspecified atom stereocenters. The van der Waals surface area contributed by atoms with Crippen molar-refractivity contribution in [3.63, 3.8) is 0 Å². The Morgan fingerprint density at radius 2 is 1.80 bits per heavy atom. The van der Waals surface area contributed by atoms with Crippen molar-refractivity contribution in [2.24, 2.45) is 23.7 Å². The van der Waals surface area contributed by atoms with E-state index in [-0.39, 0.29) is 12.1 Å². The molecule has 112 valence electrons. The highest BCUT2D eigenvalue weighted by atomic mass is 16.8. The van der Waals surface area contributed by atoms with Gasteiger partial charge in [0.15, 0.2) is 12.1 Å². The van der Waals surface area contributed by atoms with Gasteiger partial charge < -0.3 is 14.2 Å². The predicted molar refractivity (Wildman–Crippen MR) is 73.9 cm³/mol. The second kappa shape index (κ2) is 4.21. The molecule has 3 aliphatic heterocycles. The predicted octanol–water partition coefficient (Wildman–Crippen LogP) is 3.47. The molecule has 0 aromatic heterocycles. The summed E-state index contributed by atoms with van der Waals surface area (Å²) in [4.78, 5) is 0. The largest absolute Gasteiger partial charge is 0.346 e.